The van der Waals surface area contributed by atoms with Gasteiger partial charge in [-0.2, -0.15) is 5.10 Å². The highest BCUT2D eigenvalue weighted by atomic mass is 16.1. The number of aromatic nitrogens is 5. The zero-order valence-corrected chi connectivity index (χ0v) is 19.0. The molecule has 0 fully saturated rings. The average Bonchev–Trinajstić information content (AvgIpc) is 3.31. The number of para-hydroxylation sites is 1. The Labute approximate surface area is 197 Å². The summed E-state index contributed by atoms with van der Waals surface area (Å²) >= 11 is 0. The minimum absolute atomic E-state index is 0.131. The Morgan fingerprint density at radius 2 is 1.65 bits per heavy atom. The number of anilines is 1. The number of aryl methyl sites for hydroxylation is 1. The molecule has 3 aromatic heterocycles. The molecule has 2 aromatic carbocycles. The van der Waals surface area contributed by atoms with Gasteiger partial charge in [-0.3, -0.25) is 4.79 Å². The van der Waals surface area contributed by atoms with Gasteiger partial charge >= 0.3 is 0 Å². The van der Waals surface area contributed by atoms with Crippen LogP contribution in [-0.4, -0.2) is 24.7 Å². The minimum Gasteiger partial charge on any atom is -0.366 e. The lowest BCUT2D eigenvalue weighted by Crippen LogP contribution is -2.14. The van der Waals surface area contributed by atoms with Crippen molar-refractivity contribution in [1.29, 1.82) is 0 Å². The molecule has 0 atom stereocenters. The topological polar surface area (TPSA) is 88.5 Å². The number of H-pyrrole nitrogens is 1. The van der Waals surface area contributed by atoms with E-state index in [4.69, 9.17) is 5.10 Å². The van der Waals surface area contributed by atoms with E-state index in [1.165, 1.54) is 0 Å². The number of hydrogen-bond acceptors (Lipinski definition) is 5. The summed E-state index contributed by atoms with van der Waals surface area (Å²) in [5, 5.41) is 8.24. The number of rotatable bonds is 6. The predicted molar refractivity (Wildman–Crippen MR) is 134 cm³/mol. The fourth-order valence-corrected chi connectivity index (χ4v) is 3.70. The van der Waals surface area contributed by atoms with Crippen LogP contribution in [0.3, 0.4) is 0 Å². The molecule has 0 radical (unpaired) electrons. The summed E-state index contributed by atoms with van der Waals surface area (Å²) in [5.74, 6) is 1.24. The van der Waals surface area contributed by atoms with Crippen LogP contribution in [0.2, 0.25) is 0 Å². The van der Waals surface area contributed by atoms with E-state index >= 15 is 0 Å². The van der Waals surface area contributed by atoms with Crippen molar-refractivity contribution in [3.8, 4) is 28.3 Å². The molecule has 0 aliphatic carbocycles. The van der Waals surface area contributed by atoms with Gasteiger partial charge in [-0.1, -0.05) is 48.5 Å². The standard InChI is InChI=1S/C27H24N6O/c1-18-19(2)30-26(31-27(18)34)21-13-14-24(28-15-21)29-16-22-17-33(23-11-7-4-8-12-23)32-25(22)20-9-5-3-6-10-20/h3-15,17H,16H2,1-2H3,(H,28,29)(H,30,31,34). The average molecular weight is 449 g/mol. The Balaban J connectivity index is 1.39. The highest BCUT2D eigenvalue weighted by molar-refractivity contribution is 5.64. The maximum absolute atomic E-state index is 12.1. The van der Waals surface area contributed by atoms with Crippen molar-refractivity contribution < 1.29 is 0 Å². The monoisotopic (exact) mass is 448 g/mol. The predicted octanol–water partition coefficient (Wildman–Crippen LogP) is 4.91. The van der Waals surface area contributed by atoms with E-state index in [-0.39, 0.29) is 5.56 Å². The molecule has 0 spiro atoms. The molecule has 0 aliphatic heterocycles. The van der Waals surface area contributed by atoms with E-state index in [0.29, 0.717) is 23.6 Å². The zero-order chi connectivity index (χ0) is 23.5. The second-order valence-electron chi connectivity index (χ2n) is 8.06. The summed E-state index contributed by atoms with van der Waals surface area (Å²) in [6, 6.07) is 24.0. The summed E-state index contributed by atoms with van der Waals surface area (Å²) in [6.45, 7) is 4.15. The second-order valence-corrected chi connectivity index (χ2v) is 8.06. The first-order chi connectivity index (χ1) is 16.6. The smallest absolute Gasteiger partial charge is 0.254 e. The number of nitrogens with zero attached hydrogens (tertiary/aromatic N) is 4. The third-order valence-corrected chi connectivity index (χ3v) is 5.75. The fourth-order valence-electron chi connectivity index (χ4n) is 3.70. The fraction of sp³-hybridized carbons (Fsp3) is 0.111. The third-order valence-electron chi connectivity index (χ3n) is 5.75. The molecule has 5 aromatic rings. The number of hydrogen-bond donors (Lipinski definition) is 2. The van der Waals surface area contributed by atoms with Crippen LogP contribution in [0.25, 0.3) is 28.3 Å². The first-order valence-corrected chi connectivity index (χ1v) is 11.1. The van der Waals surface area contributed by atoms with Gasteiger partial charge in [0.05, 0.1) is 11.4 Å². The van der Waals surface area contributed by atoms with E-state index in [1.807, 2.05) is 78.5 Å². The molecule has 0 aliphatic rings. The molecule has 34 heavy (non-hydrogen) atoms. The highest BCUT2D eigenvalue weighted by Gasteiger charge is 2.13. The Kier molecular flexibility index (Phi) is 5.74. The normalized spacial score (nSPS) is 10.9. The molecule has 2 N–H and O–H groups in total. The summed E-state index contributed by atoms with van der Waals surface area (Å²) < 4.78 is 1.90. The van der Waals surface area contributed by atoms with Crippen molar-refractivity contribution in [2.24, 2.45) is 0 Å². The van der Waals surface area contributed by atoms with Gasteiger partial charge < -0.3 is 10.3 Å². The first kappa shape index (κ1) is 21.3. The molecule has 168 valence electrons. The van der Waals surface area contributed by atoms with Gasteiger partial charge in [0.1, 0.15) is 11.6 Å². The quantitative estimate of drug-likeness (QED) is 0.385. The van der Waals surface area contributed by atoms with Gasteiger partial charge in [-0.15, -0.1) is 0 Å². The van der Waals surface area contributed by atoms with Gasteiger partial charge in [-0.05, 0) is 38.1 Å². The van der Waals surface area contributed by atoms with Crippen LogP contribution in [-0.2, 0) is 6.54 Å². The largest absolute Gasteiger partial charge is 0.366 e. The SMILES string of the molecule is Cc1nc(-c2ccc(NCc3cn(-c4ccccc4)nc3-c3ccccc3)nc2)[nH]c(=O)c1C. The van der Waals surface area contributed by atoms with Crippen molar-refractivity contribution in [1.82, 2.24) is 24.7 Å². The summed E-state index contributed by atoms with van der Waals surface area (Å²) in [5.41, 5.74) is 6.00. The molecule has 0 saturated heterocycles. The van der Waals surface area contributed by atoms with E-state index in [9.17, 15) is 4.79 Å². The Morgan fingerprint density at radius 3 is 2.32 bits per heavy atom. The van der Waals surface area contributed by atoms with Gasteiger partial charge in [0, 0.05) is 46.9 Å². The van der Waals surface area contributed by atoms with Crippen molar-refractivity contribution >= 4 is 5.82 Å². The Bertz CT molecular complexity index is 1470. The van der Waals surface area contributed by atoms with E-state index in [0.717, 1.165) is 33.9 Å². The van der Waals surface area contributed by atoms with Crippen LogP contribution in [0.1, 0.15) is 16.8 Å². The van der Waals surface area contributed by atoms with Crippen molar-refractivity contribution in [3.05, 3.63) is 112 Å². The third kappa shape index (κ3) is 4.36. The van der Waals surface area contributed by atoms with Crippen molar-refractivity contribution in [2.45, 2.75) is 20.4 Å². The van der Waals surface area contributed by atoms with Gasteiger partial charge in [-0.25, -0.2) is 14.6 Å². The molecule has 7 heteroatoms. The minimum atomic E-state index is -0.131. The summed E-state index contributed by atoms with van der Waals surface area (Å²) in [6.07, 6.45) is 3.75. The van der Waals surface area contributed by atoms with E-state index in [2.05, 4.69) is 32.4 Å². The van der Waals surface area contributed by atoms with Gasteiger partial charge in [0.15, 0.2) is 0 Å². The number of aromatic amines is 1. The Morgan fingerprint density at radius 1 is 0.912 bits per heavy atom. The van der Waals surface area contributed by atoms with Crippen LogP contribution < -0.4 is 10.9 Å². The van der Waals surface area contributed by atoms with Gasteiger partial charge in [0.2, 0.25) is 0 Å². The number of pyridine rings is 1. The molecule has 0 saturated carbocycles. The molecular weight excluding hydrogens is 424 g/mol. The maximum Gasteiger partial charge on any atom is 0.254 e. The number of benzene rings is 2. The Hall–Kier alpha value is -4.52. The first-order valence-electron chi connectivity index (χ1n) is 11.1. The lowest BCUT2D eigenvalue weighted by atomic mass is 10.1. The maximum atomic E-state index is 12.1. The van der Waals surface area contributed by atoms with E-state index < -0.39 is 0 Å². The zero-order valence-electron chi connectivity index (χ0n) is 19.0. The van der Waals surface area contributed by atoms with Crippen molar-refractivity contribution in [3.63, 3.8) is 0 Å². The summed E-state index contributed by atoms with van der Waals surface area (Å²) in [4.78, 5) is 23.9. The molecule has 0 bridgehead atoms. The summed E-state index contributed by atoms with van der Waals surface area (Å²) in [7, 11) is 0. The van der Waals surface area contributed by atoms with Crippen LogP contribution in [0, 0.1) is 13.8 Å². The molecule has 7 nitrogen and oxygen atoms in total. The lowest BCUT2D eigenvalue weighted by Gasteiger charge is -2.08. The molecule has 5 rings (SSSR count). The van der Waals surface area contributed by atoms with Crippen molar-refractivity contribution in [2.75, 3.05) is 5.32 Å². The molecular formula is C27H24N6O. The highest BCUT2D eigenvalue weighted by Crippen LogP contribution is 2.24. The second kappa shape index (κ2) is 9.15. The van der Waals surface area contributed by atoms with Crippen LogP contribution in [0.15, 0.2) is 90.0 Å². The lowest BCUT2D eigenvalue weighted by molar-refractivity contribution is 0.883. The van der Waals surface area contributed by atoms with Gasteiger partial charge in [0.25, 0.3) is 5.56 Å². The molecule has 0 amide bonds. The number of nitrogens with one attached hydrogen (secondary N) is 2. The van der Waals surface area contributed by atoms with Crippen LogP contribution in [0.4, 0.5) is 5.82 Å². The molecule has 0 unspecified atom stereocenters. The molecule has 3 heterocycles. The van der Waals surface area contributed by atoms with E-state index in [1.54, 1.807) is 13.1 Å². The van der Waals surface area contributed by atoms with Crippen LogP contribution in [0.5, 0.6) is 0 Å². The van der Waals surface area contributed by atoms with Crippen LogP contribution >= 0.6 is 0 Å².